The van der Waals surface area contributed by atoms with E-state index in [1.54, 1.807) is 20.0 Å². The zero-order valence-corrected chi connectivity index (χ0v) is 20.6. The van der Waals surface area contributed by atoms with Crippen LogP contribution in [0.5, 0.6) is 0 Å². The van der Waals surface area contributed by atoms with E-state index in [1.807, 2.05) is 24.3 Å². The van der Waals surface area contributed by atoms with Gasteiger partial charge in [-0.2, -0.15) is 4.31 Å². The van der Waals surface area contributed by atoms with E-state index in [2.05, 4.69) is 36.0 Å². The molecule has 0 spiro atoms. The van der Waals surface area contributed by atoms with Gasteiger partial charge in [0.05, 0.1) is 31.9 Å². The number of carbonyl (C=O) groups is 2. The number of hydrogen-bond acceptors (Lipinski definition) is 6. The fourth-order valence-electron chi connectivity index (χ4n) is 3.48. The van der Waals surface area contributed by atoms with Gasteiger partial charge in [0.25, 0.3) is 0 Å². The van der Waals surface area contributed by atoms with Gasteiger partial charge in [-0.3, -0.25) is 4.79 Å². The zero-order chi connectivity index (χ0) is 23.6. The second kappa shape index (κ2) is 9.59. The molecule has 0 radical (unpaired) electrons. The molecular formula is C20H26BrN5O5S. The van der Waals surface area contributed by atoms with E-state index in [1.165, 1.54) is 16.3 Å². The quantitative estimate of drug-likeness (QED) is 0.593. The largest absolute Gasteiger partial charge is 0.453 e. The van der Waals surface area contributed by atoms with E-state index in [4.69, 9.17) is 0 Å². The summed E-state index contributed by atoms with van der Waals surface area (Å²) in [5.41, 5.74) is 1.64. The molecule has 2 N–H and O–H groups in total. The van der Waals surface area contributed by atoms with Crippen molar-refractivity contribution in [2.75, 3.05) is 26.6 Å². The summed E-state index contributed by atoms with van der Waals surface area (Å²) in [4.78, 5) is 34.2. The highest BCUT2D eigenvalue weighted by Crippen LogP contribution is 2.31. The zero-order valence-electron chi connectivity index (χ0n) is 18.2. The number of hydrogen-bond donors (Lipinski definition) is 2. The van der Waals surface area contributed by atoms with Crippen LogP contribution in [0.2, 0.25) is 0 Å². The number of halogens is 1. The summed E-state index contributed by atoms with van der Waals surface area (Å²) in [7, 11) is -2.34. The van der Waals surface area contributed by atoms with Gasteiger partial charge in [0.1, 0.15) is 17.9 Å². The lowest BCUT2D eigenvalue weighted by Gasteiger charge is -2.29. The van der Waals surface area contributed by atoms with Crippen molar-refractivity contribution in [3.8, 4) is 11.3 Å². The van der Waals surface area contributed by atoms with E-state index in [0.29, 0.717) is 5.82 Å². The lowest BCUT2D eigenvalue weighted by Crippen LogP contribution is -2.51. The molecule has 1 aromatic heterocycles. The maximum atomic E-state index is 13.4. The summed E-state index contributed by atoms with van der Waals surface area (Å²) < 4.78 is 31.3. The van der Waals surface area contributed by atoms with Gasteiger partial charge in [-0.15, -0.1) is 0 Å². The number of nitrogens with zero attached hydrogens (tertiary/aromatic N) is 3. The van der Waals surface area contributed by atoms with Crippen LogP contribution < -0.4 is 5.32 Å². The van der Waals surface area contributed by atoms with Crippen molar-refractivity contribution in [3.63, 3.8) is 0 Å². The summed E-state index contributed by atoms with van der Waals surface area (Å²) >= 11 is 3.40. The van der Waals surface area contributed by atoms with Gasteiger partial charge in [-0.05, 0) is 23.6 Å². The predicted molar refractivity (Wildman–Crippen MR) is 122 cm³/mol. The van der Waals surface area contributed by atoms with Crippen LogP contribution in [-0.4, -0.2) is 72.2 Å². The Morgan fingerprint density at radius 2 is 1.94 bits per heavy atom. The minimum absolute atomic E-state index is 0.0565. The first-order valence-electron chi connectivity index (χ1n) is 9.92. The van der Waals surface area contributed by atoms with Crippen LogP contribution in [0.25, 0.3) is 11.3 Å². The fraction of sp³-hybridized carbons (Fsp3) is 0.450. The number of nitrogens with one attached hydrogen (secondary N) is 2. The molecule has 1 aliphatic rings. The maximum absolute atomic E-state index is 13.4. The second-order valence-electron chi connectivity index (χ2n) is 7.91. The molecule has 1 saturated heterocycles. The third-order valence-corrected chi connectivity index (χ3v) is 7.00. The summed E-state index contributed by atoms with van der Waals surface area (Å²) in [6.45, 7) is 3.50. The molecule has 32 heavy (non-hydrogen) atoms. The average molecular weight is 528 g/mol. The van der Waals surface area contributed by atoms with Crippen molar-refractivity contribution >= 4 is 38.0 Å². The van der Waals surface area contributed by atoms with Gasteiger partial charge >= 0.3 is 6.09 Å². The first-order chi connectivity index (χ1) is 15.0. The van der Waals surface area contributed by atoms with Crippen molar-refractivity contribution in [3.05, 3.63) is 40.8 Å². The summed E-state index contributed by atoms with van der Waals surface area (Å²) in [5.74, 6) is -0.199. The van der Waals surface area contributed by atoms with E-state index in [-0.39, 0.29) is 19.1 Å². The predicted octanol–water partition coefficient (Wildman–Crippen LogP) is 2.32. The number of carbonyl (C=O) groups excluding carboxylic acids is 2. The van der Waals surface area contributed by atoms with Crippen molar-refractivity contribution in [2.24, 2.45) is 5.92 Å². The summed E-state index contributed by atoms with van der Waals surface area (Å²) in [5, 5.41) is 2.55. The monoisotopic (exact) mass is 527 g/mol. The Balaban J connectivity index is 1.93. The molecule has 0 aliphatic carbocycles. The molecule has 174 valence electrons. The van der Waals surface area contributed by atoms with E-state index < -0.39 is 34.1 Å². The molecule has 1 fully saturated rings. The molecule has 1 aliphatic heterocycles. The van der Waals surface area contributed by atoms with Crippen molar-refractivity contribution < 1.29 is 22.7 Å². The summed E-state index contributed by atoms with van der Waals surface area (Å²) in [6, 6.07) is 6.11. The molecule has 2 aromatic rings. The molecule has 2 atom stereocenters. The van der Waals surface area contributed by atoms with Crippen LogP contribution in [0, 0.1) is 5.92 Å². The first kappa shape index (κ1) is 24.2. The number of sulfonamides is 1. The number of aromatic amines is 1. The standard InChI is InChI=1S/C20H26BrN5O5S/c1-12(2)17(24-20(28)31-3)19(27)26-11-25(32(4,29)30)10-16(26)18-22-9-15(23-18)13-5-7-14(21)8-6-13/h5-9,12,16-17H,10-11H2,1-4H3,(H,22,23)(H,24,28)/t16-,17?/m0/s1. The number of alkyl carbamates (subject to hydrolysis) is 1. The molecule has 1 aromatic carbocycles. The Bertz CT molecular complexity index is 1090. The Kier molecular flexibility index (Phi) is 7.25. The van der Waals surface area contributed by atoms with Gasteiger partial charge in [-0.25, -0.2) is 18.2 Å². The van der Waals surface area contributed by atoms with Crippen molar-refractivity contribution in [1.29, 1.82) is 0 Å². The number of imidazole rings is 1. The molecule has 0 bridgehead atoms. The SMILES string of the molecule is COC(=O)NC(C(=O)N1CN(S(C)(=O)=O)C[C@H]1c1ncc(-c2ccc(Br)cc2)[nH]1)C(C)C. The number of aromatic nitrogens is 2. The Morgan fingerprint density at radius 3 is 2.50 bits per heavy atom. The minimum atomic E-state index is -3.55. The van der Waals surface area contributed by atoms with Gasteiger partial charge in [0.15, 0.2) is 0 Å². The number of rotatable bonds is 6. The van der Waals surface area contributed by atoms with Crippen LogP contribution in [0.3, 0.4) is 0 Å². The number of ether oxygens (including phenoxy) is 1. The normalized spacial score (nSPS) is 18.1. The molecular weight excluding hydrogens is 502 g/mol. The smallest absolute Gasteiger partial charge is 0.407 e. The van der Waals surface area contributed by atoms with Crippen molar-refractivity contribution in [2.45, 2.75) is 25.9 Å². The Hall–Kier alpha value is -2.44. The topological polar surface area (TPSA) is 125 Å². The van der Waals surface area contributed by atoms with Crippen LogP contribution in [0.15, 0.2) is 34.9 Å². The first-order valence-corrected chi connectivity index (χ1v) is 12.6. The van der Waals surface area contributed by atoms with Crippen LogP contribution in [0.1, 0.15) is 25.7 Å². The second-order valence-corrected chi connectivity index (χ2v) is 10.8. The minimum Gasteiger partial charge on any atom is -0.453 e. The van der Waals surface area contributed by atoms with Crippen LogP contribution in [-0.2, 0) is 19.6 Å². The van der Waals surface area contributed by atoms with Gasteiger partial charge in [0, 0.05) is 11.0 Å². The number of methoxy groups -OCH3 is 1. The maximum Gasteiger partial charge on any atom is 0.407 e. The third kappa shape index (κ3) is 5.30. The Morgan fingerprint density at radius 1 is 1.28 bits per heavy atom. The summed E-state index contributed by atoms with van der Waals surface area (Å²) in [6.07, 6.45) is 2.01. The fourth-order valence-corrected chi connectivity index (χ4v) is 4.49. The molecule has 3 rings (SSSR count). The van der Waals surface area contributed by atoms with Gasteiger partial charge < -0.3 is 19.9 Å². The highest BCUT2D eigenvalue weighted by Gasteiger charge is 2.43. The molecule has 0 saturated carbocycles. The van der Waals surface area contributed by atoms with Crippen LogP contribution in [0.4, 0.5) is 4.79 Å². The van der Waals surface area contributed by atoms with E-state index in [0.717, 1.165) is 22.0 Å². The molecule has 1 unspecified atom stereocenters. The molecule has 2 heterocycles. The average Bonchev–Trinajstić information content (AvgIpc) is 3.38. The van der Waals surface area contributed by atoms with Gasteiger partial charge in [0.2, 0.25) is 15.9 Å². The number of benzene rings is 1. The molecule has 12 heteroatoms. The molecule has 10 nitrogen and oxygen atoms in total. The van der Waals surface area contributed by atoms with Crippen molar-refractivity contribution in [1.82, 2.24) is 24.5 Å². The van der Waals surface area contributed by atoms with E-state index >= 15 is 0 Å². The number of H-pyrrole nitrogens is 1. The third-order valence-electron chi connectivity index (χ3n) is 5.27. The lowest BCUT2D eigenvalue weighted by molar-refractivity contribution is -0.135. The van der Waals surface area contributed by atoms with E-state index in [9.17, 15) is 18.0 Å². The lowest BCUT2D eigenvalue weighted by atomic mass is 10.0. The molecule has 2 amide bonds. The number of amides is 2. The Labute approximate surface area is 195 Å². The van der Waals surface area contributed by atoms with Crippen LogP contribution >= 0.6 is 15.9 Å². The van der Waals surface area contributed by atoms with Gasteiger partial charge in [-0.1, -0.05) is 41.9 Å². The highest BCUT2D eigenvalue weighted by atomic mass is 79.9. The highest BCUT2D eigenvalue weighted by molar-refractivity contribution is 9.10.